The van der Waals surface area contributed by atoms with Crippen LogP contribution in [0.4, 0.5) is 0 Å². The zero-order chi connectivity index (χ0) is 21.5. The van der Waals surface area contributed by atoms with Crippen LogP contribution in [0.2, 0.25) is 0 Å². The summed E-state index contributed by atoms with van der Waals surface area (Å²) in [7, 11) is 0. The van der Waals surface area contributed by atoms with Gasteiger partial charge in [-0.25, -0.2) is 4.98 Å². The van der Waals surface area contributed by atoms with E-state index in [-0.39, 0.29) is 0 Å². The van der Waals surface area contributed by atoms with Crippen LogP contribution in [0.3, 0.4) is 0 Å². The second-order valence-electron chi connectivity index (χ2n) is 8.43. The van der Waals surface area contributed by atoms with E-state index in [9.17, 15) is 0 Å². The molecule has 0 saturated carbocycles. The Morgan fingerprint density at radius 1 is 0.697 bits per heavy atom. The predicted octanol–water partition coefficient (Wildman–Crippen LogP) is 8.45. The first kappa shape index (κ1) is 17.4. The smallest absolute Gasteiger partial charge is 0.181 e. The molecule has 0 aliphatic carbocycles. The predicted molar refractivity (Wildman–Crippen MR) is 139 cm³/mol. The van der Waals surface area contributed by atoms with Crippen LogP contribution in [0.15, 0.2) is 102 Å². The van der Waals surface area contributed by atoms with E-state index >= 15 is 0 Å². The second-order valence-corrected chi connectivity index (χ2v) is 9.48. The number of nitrogens with zero attached hydrogens (tertiary/aromatic N) is 2. The van der Waals surface area contributed by atoms with Crippen LogP contribution in [0.5, 0.6) is 0 Å². The van der Waals surface area contributed by atoms with Crippen LogP contribution in [-0.2, 0) is 0 Å². The molecule has 0 saturated heterocycles. The third-order valence-electron chi connectivity index (χ3n) is 6.72. The van der Waals surface area contributed by atoms with Crippen LogP contribution in [0.1, 0.15) is 0 Å². The van der Waals surface area contributed by atoms with Crippen LogP contribution < -0.4 is 0 Å². The summed E-state index contributed by atoms with van der Waals surface area (Å²) in [4.78, 5) is 4.31. The maximum atomic E-state index is 5.66. The molecule has 3 heterocycles. The van der Waals surface area contributed by atoms with E-state index in [1.54, 1.807) is 0 Å². The van der Waals surface area contributed by atoms with Crippen molar-refractivity contribution in [3.8, 4) is 5.69 Å². The van der Waals surface area contributed by atoms with Gasteiger partial charge in [-0.05, 0) is 29.7 Å². The van der Waals surface area contributed by atoms with Gasteiger partial charge in [0.25, 0.3) is 0 Å². The topological polar surface area (TPSA) is 31.0 Å². The molecular weight excluding hydrogens is 424 g/mol. The molecular formula is C29H16N2OS. The highest BCUT2D eigenvalue weighted by Crippen LogP contribution is 2.47. The Bertz CT molecular complexity index is 2040. The zero-order valence-corrected chi connectivity index (χ0v) is 18.3. The summed E-state index contributed by atoms with van der Waals surface area (Å²) in [6, 6.07) is 32.6. The third kappa shape index (κ3) is 2.21. The molecule has 4 heteroatoms. The lowest BCUT2D eigenvalue weighted by atomic mass is 10.00. The van der Waals surface area contributed by atoms with Crippen molar-refractivity contribution in [2.75, 3.05) is 0 Å². The van der Waals surface area contributed by atoms with Crippen molar-refractivity contribution in [3.05, 3.63) is 97.4 Å². The Morgan fingerprint density at radius 3 is 2.36 bits per heavy atom. The van der Waals surface area contributed by atoms with Gasteiger partial charge in [-0.3, -0.25) is 0 Å². The summed E-state index contributed by atoms with van der Waals surface area (Å²) >= 11 is 1.89. The first-order valence-electron chi connectivity index (χ1n) is 11.0. The molecule has 0 N–H and O–H groups in total. The van der Waals surface area contributed by atoms with E-state index in [1.165, 1.54) is 59.1 Å². The number of benzene rings is 5. The molecule has 0 aliphatic rings. The molecule has 8 rings (SSSR count). The standard InChI is InChI=1S/C29H16N2OS/c1-2-8-19-18(7-1)26-21-10-4-6-12-25(21)33-29(26)27-20-9-3-5-11-23(20)31(28(19)27)17-13-14-22-24(15-17)32-16-30-22/h1-16H. The number of thiophene rings is 1. The number of para-hydroxylation sites is 1. The molecule has 0 amide bonds. The molecule has 33 heavy (non-hydrogen) atoms. The normalized spacial score (nSPS) is 12.2. The monoisotopic (exact) mass is 440 g/mol. The van der Waals surface area contributed by atoms with E-state index in [0.29, 0.717) is 0 Å². The van der Waals surface area contributed by atoms with Gasteiger partial charge in [0.2, 0.25) is 0 Å². The molecule has 0 aliphatic heterocycles. The molecule has 3 aromatic heterocycles. The Balaban J connectivity index is 1.70. The quantitative estimate of drug-likeness (QED) is 0.256. The van der Waals surface area contributed by atoms with Gasteiger partial charge in [0, 0.05) is 42.4 Å². The largest absolute Gasteiger partial charge is 0.443 e. The van der Waals surface area contributed by atoms with E-state index < -0.39 is 0 Å². The summed E-state index contributed by atoms with van der Waals surface area (Å²) < 4.78 is 10.7. The van der Waals surface area contributed by atoms with Crippen molar-refractivity contribution >= 4 is 75.2 Å². The van der Waals surface area contributed by atoms with Crippen molar-refractivity contribution < 1.29 is 4.42 Å². The van der Waals surface area contributed by atoms with Crippen molar-refractivity contribution in [2.45, 2.75) is 0 Å². The molecule has 0 radical (unpaired) electrons. The van der Waals surface area contributed by atoms with E-state index in [4.69, 9.17) is 4.42 Å². The van der Waals surface area contributed by atoms with Gasteiger partial charge in [0.15, 0.2) is 12.0 Å². The zero-order valence-electron chi connectivity index (χ0n) is 17.4. The lowest BCUT2D eigenvalue weighted by Crippen LogP contribution is -1.94. The van der Waals surface area contributed by atoms with Gasteiger partial charge in [-0.2, -0.15) is 0 Å². The average molecular weight is 441 g/mol. The molecule has 154 valence electrons. The van der Waals surface area contributed by atoms with E-state index in [0.717, 1.165) is 16.8 Å². The molecule has 0 bridgehead atoms. The van der Waals surface area contributed by atoms with Gasteiger partial charge in [-0.15, -0.1) is 11.3 Å². The Kier molecular flexibility index (Phi) is 3.28. The summed E-state index contributed by atoms with van der Waals surface area (Å²) in [6.45, 7) is 0. The summed E-state index contributed by atoms with van der Waals surface area (Å²) in [5.74, 6) is 0. The maximum absolute atomic E-state index is 5.66. The van der Waals surface area contributed by atoms with Gasteiger partial charge in [0.1, 0.15) is 5.52 Å². The molecule has 8 aromatic rings. The minimum atomic E-state index is 0.797. The Morgan fingerprint density at radius 2 is 1.45 bits per heavy atom. The number of hydrogen-bond acceptors (Lipinski definition) is 3. The van der Waals surface area contributed by atoms with E-state index in [1.807, 2.05) is 17.4 Å². The number of hydrogen-bond donors (Lipinski definition) is 0. The minimum Gasteiger partial charge on any atom is -0.443 e. The van der Waals surface area contributed by atoms with E-state index in [2.05, 4.69) is 94.5 Å². The van der Waals surface area contributed by atoms with Crippen molar-refractivity contribution in [2.24, 2.45) is 0 Å². The van der Waals surface area contributed by atoms with Gasteiger partial charge in [-0.1, -0.05) is 60.7 Å². The summed E-state index contributed by atoms with van der Waals surface area (Å²) in [6.07, 6.45) is 1.51. The molecule has 0 unspecified atom stereocenters. The summed E-state index contributed by atoms with van der Waals surface area (Å²) in [5.41, 5.74) is 5.18. The number of fused-ring (bicyclic) bond motifs is 11. The van der Waals surface area contributed by atoms with Crippen molar-refractivity contribution in [1.82, 2.24) is 9.55 Å². The average Bonchev–Trinajstić information content (AvgIpc) is 3.57. The van der Waals surface area contributed by atoms with Gasteiger partial charge < -0.3 is 8.98 Å². The van der Waals surface area contributed by atoms with Crippen molar-refractivity contribution in [1.29, 1.82) is 0 Å². The first-order valence-corrected chi connectivity index (χ1v) is 11.8. The summed E-state index contributed by atoms with van der Waals surface area (Å²) in [5, 5.41) is 7.83. The molecule has 5 aromatic carbocycles. The molecule has 0 atom stereocenters. The van der Waals surface area contributed by atoms with Crippen LogP contribution in [-0.4, -0.2) is 9.55 Å². The Labute approximate surface area is 192 Å². The number of oxazole rings is 1. The first-order chi connectivity index (χ1) is 16.4. The second kappa shape index (κ2) is 6.21. The fraction of sp³-hybridized carbons (Fsp3) is 0. The third-order valence-corrected chi connectivity index (χ3v) is 7.91. The van der Waals surface area contributed by atoms with Gasteiger partial charge in [0.05, 0.1) is 16.7 Å². The highest BCUT2D eigenvalue weighted by atomic mass is 32.1. The molecule has 3 nitrogen and oxygen atoms in total. The fourth-order valence-electron chi connectivity index (χ4n) is 5.37. The fourth-order valence-corrected chi connectivity index (χ4v) is 6.65. The Hall–Kier alpha value is -4.15. The van der Waals surface area contributed by atoms with Crippen LogP contribution in [0.25, 0.3) is 69.5 Å². The van der Waals surface area contributed by atoms with Crippen molar-refractivity contribution in [3.63, 3.8) is 0 Å². The van der Waals surface area contributed by atoms with Crippen LogP contribution in [0, 0.1) is 0 Å². The number of aromatic nitrogens is 2. The minimum absolute atomic E-state index is 0.797. The van der Waals surface area contributed by atoms with Gasteiger partial charge >= 0.3 is 0 Å². The molecule has 0 spiro atoms. The lowest BCUT2D eigenvalue weighted by Gasteiger charge is -2.11. The molecule has 0 fully saturated rings. The number of rotatable bonds is 1. The SMILES string of the molecule is c1ccc2c(c1)sc1c2c2ccccc2c2c1c1ccccc1n2-c1ccc2ncoc2c1. The maximum Gasteiger partial charge on any atom is 0.181 e. The highest BCUT2D eigenvalue weighted by molar-refractivity contribution is 7.27. The highest BCUT2D eigenvalue weighted by Gasteiger charge is 2.21. The lowest BCUT2D eigenvalue weighted by molar-refractivity contribution is 0.602. The van der Waals surface area contributed by atoms with Crippen LogP contribution >= 0.6 is 11.3 Å².